The molecule has 1 atom stereocenters. The van der Waals surface area contributed by atoms with E-state index >= 15 is 0 Å². The number of aryl methyl sites for hydroxylation is 1. The lowest BCUT2D eigenvalue weighted by Gasteiger charge is -2.16. The number of benzene rings is 3. The van der Waals surface area contributed by atoms with Crippen LogP contribution in [-0.2, 0) is 0 Å². The molecule has 0 saturated carbocycles. The van der Waals surface area contributed by atoms with E-state index in [1.165, 1.54) is 12.1 Å². The van der Waals surface area contributed by atoms with Gasteiger partial charge in [-0.2, -0.15) is 0 Å². The van der Waals surface area contributed by atoms with Crippen molar-refractivity contribution in [1.29, 1.82) is 0 Å². The topological polar surface area (TPSA) is 58.9 Å². The normalized spacial score (nSPS) is 12.2. The van der Waals surface area contributed by atoms with Gasteiger partial charge in [0.25, 0.3) is 0 Å². The molecule has 0 bridgehead atoms. The number of aromatic amines is 1. The Balaban J connectivity index is 1.97. The Morgan fingerprint density at radius 3 is 2.36 bits per heavy atom. The predicted octanol–water partition coefficient (Wildman–Crippen LogP) is 5.69. The van der Waals surface area contributed by atoms with Gasteiger partial charge >= 0.3 is 0 Å². The molecule has 5 heteroatoms. The molecule has 0 fully saturated rings. The smallest absolute Gasteiger partial charge is 0.214 e. The van der Waals surface area contributed by atoms with Crippen molar-refractivity contribution in [3.05, 3.63) is 105 Å². The fourth-order valence-electron chi connectivity index (χ4n) is 3.68. The van der Waals surface area contributed by atoms with Gasteiger partial charge in [-0.15, -0.1) is 0 Å². The van der Waals surface area contributed by atoms with Crippen molar-refractivity contribution in [2.24, 2.45) is 0 Å². The van der Waals surface area contributed by atoms with Crippen LogP contribution < -0.4 is 0 Å². The van der Waals surface area contributed by atoms with Crippen molar-refractivity contribution in [2.75, 3.05) is 6.54 Å². The Labute approximate surface area is 161 Å². The molecule has 0 aliphatic rings. The average molecular weight is 374 g/mol. The van der Waals surface area contributed by atoms with Crippen LogP contribution in [0.3, 0.4) is 0 Å². The number of fused-ring (bicyclic) bond motifs is 1. The molecule has 140 valence electrons. The molecule has 28 heavy (non-hydrogen) atoms. The molecule has 0 spiro atoms. The van der Waals surface area contributed by atoms with Crippen LogP contribution >= 0.6 is 0 Å². The lowest BCUT2D eigenvalue weighted by molar-refractivity contribution is -0.481. The number of nitro groups is 1. The molecule has 1 heterocycles. The van der Waals surface area contributed by atoms with Gasteiger partial charge in [-0.1, -0.05) is 60.2 Å². The number of hydrogen-bond acceptors (Lipinski definition) is 2. The highest BCUT2D eigenvalue weighted by atomic mass is 19.1. The maximum absolute atomic E-state index is 13.5. The van der Waals surface area contributed by atoms with E-state index in [-0.39, 0.29) is 17.3 Å². The van der Waals surface area contributed by atoms with Gasteiger partial charge in [-0.25, -0.2) is 4.39 Å². The molecular weight excluding hydrogens is 355 g/mol. The minimum atomic E-state index is -0.497. The number of para-hydroxylation sites is 1. The summed E-state index contributed by atoms with van der Waals surface area (Å²) in [5, 5.41) is 12.4. The lowest BCUT2D eigenvalue weighted by atomic mass is 9.87. The average Bonchev–Trinajstić information content (AvgIpc) is 3.06. The molecule has 4 rings (SSSR count). The zero-order valence-corrected chi connectivity index (χ0v) is 15.4. The monoisotopic (exact) mass is 374 g/mol. The van der Waals surface area contributed by atoms with Crippen LogP contribution in [-0.4, -0.2) is 16.5 Å². The second-order valence-corrected chi connectivity index (χ2v) is 6.94. The SMILES string of the molecule is Cc1ccc(-c2[nH]c3ccccc3c2C(C[N+](=O)[O-])c2ccc(F)cc2)cc1. The molecule has 4 nitrogen and oxygen atoms in total. The predicted molar refractivity (Wildman–Crippen MR) is 109 cm³/mol. The fraction of sp³-hybridized carbons (Fsp3) is 0.130. The molecule has 4 aromatic rings. The van der Waals surface area contributed by atoms with Crippen molar-refractivity contribution in [3.63, 3.8) is 0 Å². The summed E-state index contributed by atoms with van der Waals surface area (Å²) < 4.78 is 13.5. The molecule has 0 aliphatic carbocycles. The van der Waals surface area contributed by atoms with Crippen LogP contribution in [0.1, 0.15) is 22.6 Å². The minimum Gasteiger partial charge on any atom is -0.354 e. The maximum atomic E-state index is 13.5. The minimum absolute atomic E-state index is 0.271. The van der Waals surface area contributed by atoms with E-state index in [2.05, 4.69) is 4.98 Å². The molecular formula is C23H19FN2O2. The molecule has 0 saturated heterocycles. The Morgan fingerprint density at radius 2 is 1.68 bits per heavy atom. The van der Waals surface area contributed by atoms with Crippen LogP contribution in [0.15, 0.2) is 72.8 Å². The van der Waals surface area contributed by atoms with E-state index < -0.39 is 5.92 Å². The van der Waals surface area contributed by atoms with E-state index in [0.717, 1.165) is 38.9 Å². The number of halogens is 1. The largest absolute Gasteiger partial charge is 0.354 e. The van der Waals surface area contributed by atoms with Crippen LogP contribution in [0.25, 0.3) is 22.2 Å². The standard InChI is InChI=1S/C23H19FN2O2/c1-15-6-8-17(9-7-15)23-22(19-4-2-3-5-21(19)25-23)20(14-26(27)28)16-10-12-18(24)13-11-16/h2-13,20,25H,14H2,1H3. The summed E-state index contributed by atoms with van der Waals surface area (Å²) in [4.78, 5) is 14.6. The van der Waals surface area contributed by atoms with Gasteiger partial charge in [0.2, 0.25) is 6.54 Å². The van der Waals surface area contributed by atoms with E-state index in [1.807, 2.05) is 55.5 Å². The van der Waals surface area contributed by atoms with Gasteiger partial charge in [-0.05, 0) is 41.8 Å². The lowest BCUT2D eigenvalue weighted by Crippen LogP contribution is -2.14. The summed E-state index contributed by atoms with van der Waals surface area (Å²) in [7, 11) is 0. The summed E-state index contributed by atoms with van der Waals surface area (Å²) in [6.45, 7) is 1.75. The summed E-state index contributed by atoms with van der Waals surface area (Å²) in [5.41, 5.74) is 5.47. The van der Waals surface area contributed by atoms with Crippen LogP contribution in [0.4, 0.5) is 4.39 Å². The zero-order chi connectivity index (χ0) is 19.7. The first-order valence-electron chi connectivity index (χ1n) is 9.08. The van der Waals surface area contributed by atoms with Gasteiger partial charge in [0.1, 0.15) is 5.82 Å². The van der Waals surface area contributed by atoms with E-state index in [0.29, 0.717) is 0 Å². The maximum Gasteiger partial charge on any atom is 0.214 e. The zero-order valence-electron chi connectivity index (χ0n) is 15.4. The van der Waals surface area contributed by atoms with Gasteiger partial charge < -0.3 is 4.98 Å². The highest BCUT2D eigenvalue weighted by Crippen LogP contribution is 2.39. The second-order valence-electron chi connectivity index (χ2n) is 6.94. The molecule has 0 aliphatic heterocycles. The molecule has 1 aromatic heterocycles. The fourth-order valence-corrected chi connectivity index (χ4v) is 3.68. The number of nitrogens with zero attached hydrogens (tertiary/aromatic N) is 1. The van der Waals surface area contributed by atoms with Gasteiger partial charge in [0.05, 0.1) is 11.6 Å². The summed E-state index contributed by atoms with van der Waals surface area (Å²) in [6.07, 6.45) is 0. The van der Waals surface area contributed by atoms with Crippen LogP contribution in [0, 0.1) is 22.9 Å². The number of rotatable bonds is 5. The summed E-state index contributed by atoms with van der Waals surface area (Å²) in [6, 6.07) is 21.8. The number of hydrogen-bond donors (Lipinski definition) is 1. The number of aromatic nitrogens is 1. The van der Waals surface area contributed by atoms with E-state index in [9.17, 15) is 14.5 Å². The quantitative estimate of drug-likeness (QED) is 0.360. The third-order valence-electron chi connectivity index (χ3n) is 5.04. The first-order valence-corrected chi connectivity index (χ1v) is 9.08. The van der Waals surface area contributed by atoms with Crippen LogP contribution in [0.5, 0.6) is 0 Å². The molecule has 1 N–H and O–H groups in total. The second kappa shape index (κ2) is 7.27. The van der Waals surface area contributed by atoms with Crippen molar-refractivity contribution in [2.45, 2.75) is 12.8 Å². The van der Waals surface area contributed by atoms with Crippen molar-refractivity contribution < 1.29 is 9.31 Å². The highest BCUT2D eigenvalue weighted by Gasteiger charge is 2.27. The number of H-pyrrole nitrogens is 1. The summed E-state index contributed by atoms with van der Waals surface area (Å²) in [5.74, 6) is -0.857. The van der Waals surface area contributed by atoms with Crippen LogP contribution in [0.2, 0.25) is 0 Å². The molecule has 0 amide bonds. The third-order valence-corrected chi connectivity index (χ3v) is 5.04. The van der Waals surface area contributed by atoms with Crippen molar-refractivity contribution in [1.82, 2.24) is 4.98 Å². The van der Waals surface area contributed by atoms with Crippen molar-refractivity contribution >= 4 is 10.9 Å². The van der Waals surface area contributed by atoms with Gasteiger partial charge in [-0.3, -0.25) is 10.1 Å². The first-order chi connectivity index (χ1) is 13.5. The molecule has 1 unspecified atom stereocenters. The highest BCUT2D eigenvalue weighted by molar-refractivity contribution is 5.92. The van der Waals surface area contributed by atoms with E-state index in [4.69, 9.17) is 0 Å². The number of nitrogens with one attached hydrogen (secondary N) is 1. The molecule has 0 radical (unpaired) electrons. The third kappa shape index (κ3) is 3.39. The van der Waals surface area contributed by atoms with E-state index in [1.54, 1.807) is 12.1 Å². The summed E-state index contributed by atoms with van der Waals surface area (Å²) >= 11 is 0. The Kier molecular flexibility index (Phi) is 4.65. The molecule has 3 aromatic carbocycles. The van der Waals surface area contributed by atoms with Gasteiger partial charge in [0.15, 0.2) is 0 Å². The van der Waals surface area contributed by atoms with Crippen molar-refractivity contribution in [3.8, 4) is 11.3 Å². The first kappa shape index (κ1) is 17.9. The Hall–Kier alpha value is -3.47. The van der Waals surface area contributed by atoms with Gasteiger partial charge in [0, 0.05) is 15.8 Å². The Morgan fingerprint density at radius 1 is 1.00 bits per heavy atom. The Bertz CT molecular complexity index is 1130.